The summed E-state index contributed by atoms with van der Waals surface area (Å²) in [5.41, 5.74) is 0.0797. The zero-order chi connectivity index (χ0) is 14.0. The van der Waals surface area contributed by atoms with Crippen molar-refractivity contribution in [2.45, 2.75) is 62.7 Å². The van der Waals surface area contributed by atoms with Crippen LogP contribution in [0.5, 0.6) is 0 Å². The van der Waals surface area contributed by atoms with Gasteiger partial charge in [-0.1, -0.05) is 43.6 Å². The van der Waals surface area contributed by atoms with Crippen molar-refractivity contribution < 1.29 is 10.2 Å². The number of hydrogen-bond acceptors (Lipinski definition) is 3. The van der Waals surface area contributed by atoms with Crippen LogP contribution in [0.1, 0.15) is 44.9 Å². The van der Waals surface area contributed by atoms with Gasteiger partial charge < -0.3 is 10.2 Å². The SMILES string of the molecule is OC1CCN(C2(C3CCCCC3)C=CC=CC2)CC1O. The Balaban J connectivity index is 1.82. The van der Waals surface area contributed by atoms with Crippen molar-refractivity contribution in [3.63, 3.8) is 0 Å². The highest BCUT2D eigenvalue weighted by Gasteiger charge is 2.44. The Kier molecular flexibility index (Phi) is 4.29. The van der Waals surface area contributed by atoms with Gasteiger partial charge in [0.25, 0.3) is 0 Å². The lowest BCUT2D eigenvalue weighted by molar-refractivity contribution is -0.0752. The molecule has 3 nitrogen and oxygen atoms in total. The minimum atomic E-state index is -0.594. The van der Waals surface area contributed by atoms with E-state index < -0.39 is 12.2 Å². The molecular formula is C17H27NO2. The van der Waals surface area contributed by atoms with Crippen molar-refractivity contribution in [1.82, 2.24) is 4.90 Å². The zero-order valence-electron chi connectivity index (χ0n) is 12.2. The van der Waals surface area contributed by atoms with Crippen molar-refractivity contribution in [2.24, 2.45) is 5.92 Å². The molecule has 0 bridgehead atoms. The fourth-order valence-corrected chi connectivity index (χ4v) is 4.32. The molecule has 1 aliphatic heterocycles. The summed E-state index contributed by atoms with van der Waals surface area (Å²) < 4.78 is 0. The lowest BCUT2D eigenvalue weighted by Crippen LogP contribution is -2.60. The first-order valence-corrected chi connectivity index (χ1v) is 8.18. The van der Waals surface area contributed by atoms with Crippen LogP contribution in [0.2, 0.25) is 0 Å². The molecule has 1 saturated carbocycles. The van der Waals surface area contributed by atoms with Gasteiger partial charge in [-0.25, -0.2) is 0 Å². The van der Waals surface area contributed by atoms with Crippen molar-refractivity contribution in [3.8, 4) is 0 Å². The summed E-state index contributed by atoms with van der Waals surface area (Å²) in [5, 5.41) is 19.8. The first-order valence-electron chi connectivity index (χ1n) is 8.18. The summed E-state index contributed by atoms with van der Waals surface area (Å²) in [5.74, 6) is 0.694. The predicted molar refractivity (Wildman–Crippen MR) is 80.4 cm³/mol. The number of rotatable bonds is 2. The number of likely N-dealkylation sites (tertiary alicyclic amines) is 1. The van der Waals surface area contributed by atoms with Gasteiger partial charge in [0, 0.05) is 18.6 Å². The van der Waals surface area contributed by atoms with Gasteiger partial charge >= 0.3 is 0 Å². The number of β-amino-alcohol motifs (C(OH)–C–C–N with tert-alkyl or cyclic N) is 1. The topological polar surface area (TPSA) is 43.7 Å². The Hall–Kier alpha value is -0.640. The molecule has 0 aromatic carbocycles. The van der Waals surface area contributed by atoms with Crippen LogP contribution in [0.4, 0.5) is 0 Å². The molecule has 2 aliphatic carbocycles. The molecule has 0 spiro atoms. The highest BCUT2D eigenvalue weighted by molar-refractivity contribution is 5.24. The maximum Gasteiger partial charge on any atom is 0.0926 e. The van der Waals surface area contributed by atoms with E-state index in [0.717, 1.165) is 13.0 Å². The maximum absolute atomic E-state index is 10.1. The molecule has 3 aliphatic rings. The second kappa shape index (κ2) is 6.00. The van der Waals surface area contributed by atoms with Gasteiger partial charge in [-0.15, -0.1) is 0 Å². The molecule has 0 aromatic rings. The third-order valence-corrected chi connectivity index (χ3v) is 5.52. The molecular weight excluding hydrogens is 250 g/mol. The molecule has 3 unspecified atom stereocenters. The molecule has 3 heteroatoms. The number of allylic oxidation sites excluding steroid dienone is 2. The van der Waals surface area contributed by atoms with E-state index in [0.29, 0.717) is 18.9 Å². The minimum Gasteiger partial charge on any atom is -0.390 e. The Bertz CT molecular complexity index is 386. The minimum absolute atomic E-state index is 0.0797. The molecule has 1 heterocycles. The van der Waals surface area contributed by atoms with Crippen molar-refractivity contribution in [3.05, 3.63) is 24.3 Å². The Labute approximate surface area is 122 Å². The van der Waals surface area contributed by atoms with Gasteiger partial charge in [-0.05, 0) is 31.6 Å². The van der Waals surface area contributed by atoms with Crippen molar-refractivity contribution >= 4 is 0 Å². The first-order chi connectivity index (χ1) is 9.72. The molecule has 3 atom stereocenters. The molecule has 2 fully saturated rings. The summed E-state index contributed by atoms with van der Waals surface area (Å²) in [6, 6.07) is 0. The zero-order valence-corrected chi connectivity index (χ0v) is 12.2. The van der Waals surface area contributed by atoms with E-state index in [1.165, 1.54) is 32.1 Å². The van der Waals surface area contributed by atoms with Crippen LogP contribution in [0.15, 0.2) is 24.3 Å². The van der Waals surface area contributed by atoms with Crippen LogP contribution >= 0.6 is 0 Å². The lowest BCUT2D eigenvalue weighted by Gasteiger charge is -2.52. The summed E-state index contributed by atoms with van der Waals surface area (Å²) in [6.45, 7) is 1.50. The number of piperidine rings is 1. The molecule has 3 rings (SSSR count). The number of aliphatic hydroxyl groups is 2. The highest BCUT2D eigenvalue weighted by Crippen LogP contribution is 2.42. The van der Waals surface area contributed by atoms with Crippen LogP contribution in [-0.4, -0.2) is 45.9 Å². The third kappa shape index (κ3) is 2.59. The number of hydrogen-bond donors (Lipinski definition) is 2. The van der Waals surface area contributed by atoms with Crippen LogP contribution in [-0.2, 0) is 0 Å². The molecule has 0 amide bonds. The fourth-order valence-electron chi connectivity index (χ4n) is 4.32. The first kappa shape index (κ1) is 14.3. The van der Waals surface area contributed by atoms with Gasteiger partial charge in [-0.3, -0.25) is 4.90 Å². The van der Waals surface area contributed by atoms with E-state index in [1.807, 2.05) is 0 Å². The molecule has 0 radical (unpaired) electrons. The molecule has 20 heavy (non-hydrogen) atoms. The lowest BCUT2D eigenvalue weighted by atomic mass is 9.70. The summed E-state index contributed by atoms with van der Waals surface area (Å²) in [4.78, 5) is 2.44. The summed E-state index contributed by atoms with van der Waals surface area (Å²) in [6.07, 6.45) is 16.2. The Morgan fingerprint density at radius 2 is 1.75 bits per heavy atom. The van der Waals surface area contributed by atoms with Crippen LogP contribution in [0, 0.1) is 5.92 Å². The van der Waals surface area contributed by atoms with E-state index >= 15 is 0 Å². The van der Waals surface area contributed by atoms with Crippen LogP contribution in [0.3, 0.4) is 0 Å². The Morgan fingerprint density at radius 3 is 2.40 bits per heavy atom. The van der Waals surface area contributed by atoms with E-state index in [2.05, 4.69) is 29.2 Å². The molecule has 1 saturated heterocycles. The summed E-state index contributed by atoms with van der Waals surface area (Å²) >= 11 is 0. The molecule has 112 valence electrons. The third-order valence-electron chi connectivity index (χ3n) is 5.52. The number of aliphatic hydroxyl groups excluding tert-OH is 2. The van der Waals surface area contributed by atoms with Gasteiger partial charge in [0.1, 0.15) is 0 Å². The smallest absolute Gasteiger partial charge is 0.0926 e. The second-order valence-electron chi connectivity index (χ2n) is 6.69. The average Bonchev–Trinajstić information content (AvgIpc) is 2.51. The standard InChI is InChI=1S/C17H27NO2/c19-15-9-12-18(13-16(15)20)17(10-5-2-6-11-17)14-7-3-1-4-8-14/h2,5-6,10,14-16,19-20H,1,3-4,7-9,11-13H2. The Morgan fingerprint density at radius 1 is 0.950 bits per heavy atom. The summed E-state index contributed by atoms with van der Waals surface area (Å²) in [7, 11) is 0. The second-order valence-corrected chi connectivity index (χ2v) is 6.69. The fraction of sp³-hybridized carbons (Fsp3) is 0.765. The van der Waals surface area contributed by atoms with E-state index in [4.69, 9.17) is 0 Å². The van der Waals surface area contributed by atoms with E-state index in [9.17, 15) is 10.2 Å². The van der Waals surface area contributed by atoms with Crippen molar-refractivity contribution in [2.75, 3.05) is 13.1 Å². The van der Waals surface area contributed by atoms with Gasteiger partial charge in [0.05, 0.1) is 12.2 Å². The molecule has 2 N–H and O–H groups in total. The van der Waals surface area contributed by atoms with Crippen LogP contribution < -0.4 is 0 Å². The monoisotopic (exact) mass is 277 g/mol. The normalized spacial score (nSPS) is 40.1. The average molecular weight is 277 g/mol. The van der Waals surface area contributed by atoms with Gasteiger partial charge in [0.15, 0.2) is 0 Å². The maximum atomic E-state index is 10.1. The predicted octanol–water partition coefficient (Wildman–Crippen LogP) is 2.25. The highest BCUT2D eigenvalue weighted by atomic mass is 16.3. The van der Waals surface area contributed by atoms with Crippen LogP contribution in [0.25, 0.3) is 0 Å². The number of nitrogens with zero attached hydrogens (tertiary/aromatic N) is 1. The van der Waals surface area contributed by atoms with E-state index in [1.54, 1.807) is 0 Å². The molecule has 0 aromatic heterocycles. The van der Waals surface area contributed by atoms with Gasteiger partial charge in [-0.2, -0.15) is 0 Å². The van der Waals surface area contributed by atoms with Crippen molar-refractivity contribution in [1.29, 1.82) is 0 Å². The largest absolute Gasteiger partial charge is 0.390 e. The quantitative estimate of drug-likeness (QED) is 0.813. The van der Waals surface area contributed by atoms with Gasteiger partial charge in [0.2, 0.25) is 0 Å². The van der Waals surface area contributed by atoms with E-state index in [-0.39, 0.29) is 5.54 Å².